The van der Waals surface area contributed by atoms with Gasteiger partial charge < -0.3 is 15.4 Å². The number of ether oxygens (including phenoxy) is 1. The molecule has 1 saturated heterocycles. The Balaban J connectivity index is 2.14. The maximum atomic E-state index is 5.94. The van der Waals surface area contributed by atoms with Crippen LogP contribution in [0.3, 0.4) is 0 Å². The zero-order chi connectivity index (χ0) is 10.8. The molecule has 1 aromatic carbocycles. The van der Waals surface area contributed by atoms with E-state index < -0.39 is 0 Å². The lowest BCUT2D eigenvalue weighted by Gasteiger charge is -2.41. The van der Waals surface area contributed by atoms with Crippen molar-refractivity contribution in [1.29, 1.82) is 0 Å². The number of nitrogen functional groups attached to an aromatic ring is 1. The second kappa shape index (κ2) is 4.01. The normalized spacial score (nSPS) is 16.3. The third kappa shape index (κ3) is 1.87. The third-order valence-corrected chi connectivity index (χ3v) is 3.11. The SMILES string of the molecule is CCC1CN(c2cc(OC)ccc2N)C1. The molecule has 15 heavy (non-hydrogen) atoms. The summed E-state index contributed by atoms with van der Waals surface area (Å²) in [7, 11) is 1.68. The lowest BCUT2D eigenvalue weighted by atomic mass is 9.96. The predicted molar refractivity (Wildman–Crippen MR) is 63.4 cm³/mol. The fraction of sp³-hybridized carbons (Fsp3) is 0.500. The van der Waals surface area contributed by atoms with E-state index in [4.69, 9.17) is 10.5 Å². The topological polar surface area (TPSA) is 38.5 Å². The molecular formula is C12H18N2O. The lowest BCUT2D eigenvalue weighted by Crippen LogP contribution is -2.46. The standard InChI is InChI=1S/C12H18N2O/c1-3-9-7-14(8-9)12-6-10(15-2)4-5-11(12)13/h4-6,9H,3,7-8,13H2,1-2H3. The molecule has 1 aliphatic rings. The Morgan fingerprint density at radius 2 is 2.20 bits per heavy atom. The molecule has 0 spiro atoms. The van der Waals surface area contributed by atoms with E-state index in [1.54, 1.807) is 7.11 Å². The van der Waals surface area contributed by atoms with Crippen LogP contribution in [-0.2, 0) is 0 Å². The summed E-state index contributed by atoms with van der Waals surface area (Å²) in [5, 5.41) is 0. The quantitative estimate of drug-likeness (QED) is 0.770. The molecule has 0 amide bonds. The van der Waals surface area contributed by atoms with Crippen LogP contribution >= 0.6 is 0 Å². The van der Waals surface area contributed by atoms with Gasteiger partial charge in [-0.2, -0.15) is 0 Å². The maximum Gasteiger partial charge on any atom is 0.121 e. The minimum Gasteiger partial charge on any atom is -0.497 e. The molecule has 2 rings (SSSR count). The first kappa shape index (κ1) is 10.1. The zero-order valence-electron chi connectivity index (χ0n) is 9.36. The number of nitrogens with two attached hydrogens (primary N) is 1. The number of methoxy groups -OCH3 is 1. The summed E-state index contributed by atoms with van der Waals surface area (Å²) in [4.78, 5) is 2.31. The van der Waals surface area contributed by atoms with E-state index >= 15 is 0 Å². The molecule has 82 valence electrons. The number of anilines is 2. The molecule has 1 aromatic rings. The Kier molecular flexibility index (Phi) is 2.71. The fourth-order valence-corrected chi connectivity index (χ4v) is 1.95. The van der Waals surface area contributed by atoms with E-state index in [0.717, 1.165) is 36.1 Å². The number of rotatable bonds is 3. The average Bonchev–Trinajstić information content (AvgIpc) is 2.19. The molecular weight excluding hydrogens is 188 g/mol. The molecule has 0 atom stereocenters. The molecule has 1 fully saturated rings. The Labute approximate surface area is 90.8 Å². The van der Waals surface area contributed by atoms with Crippen molar-refractivity contribution in [3.05, 3.63) is 18.2 Å². The van der Waals surface area contributed by atoms with Crippen LogP contribution in [0.4, 0.5) is 11.4 Å². The minimum absolute atomic E-state index is 0.829. The Bertz CT molecular complexity index is 345. The van der Waals surface area contributed by atoms with E-state index in [9.17, 15) is 0 Å². The molecule has 3 nitrogen and oxygen atoms in total. The second-order valence-corrected chi connectivity index (χ2v) is 4.10. The summed E-state index contributed by atoms with van der Waals surface area (Å²) in [6.45, 7) is 4.47. The molecule has 3 heteroatoms. The molecule has 0 bridgehead atoms. The van der Waals surface area contributed by atoms with Crippen molar-refractivity contribution >= 4 is 11.4 Å². The van der Waals surface area contributed by atoms with Gasteiger partial charge in [0.1, 0.15) is 5.75 Å². The van der Waals surface area contributed by atoms with Gasteiger partial charge in [0.05, 0.1) is 18.5 Å². The number of hydrogen-bond acceptors (Lipinski definition) is 3. The molecule has 0 aromatic heterocycles. The summed E-state index contributed by atoms with van der Waals surface area (Å²) in [6, 6.07) is 5.82. The molecule has 2 N–H and O–H groups in total. The molecule has 0 saturated carbocycles. The largest absolute Gasteiger partial charge is 0.497 e. The van der Waals surface area contributed by atoms with Crippen LogP contribution in [0.5, 0.6) is 5.75 Å². The van der Waals surface area contributed by atoms with Gasteiger partial charge in [-0.25, -0.2) is 0 Å². The summed E-state index contributed by atoms with van der Waals surface area (Å²) in [5.74, 6) is 1.70. The molecule has 1 heterocycles. The second-order valence-electron chi connectivity index (χ2n) is 4.10. The Hall–Kier alpha value is -1.38. The Morgan fingerprint density at radius 3 is 2.80 bits per heavy atom. The first-order valence-electron chi connectivity index (χ1n) is 5.43. The van der Waals surface area contributed by atoms with Gasteiger partial charge in [0, 0.05) is 19.2 Å². The molecule has 0 unspecified atom stereocenters. The zero-order valence-corrected chi connectivity index (χ0v) is 9.36. The van der Waals surface area contributed by atoms with Gasteiger partial charge in [0.2, 0.25) is 0 Å². The summed E-state index contributed by atoms with van der Waals surface area (Å²) >= 11 is 0. The van der Waals surface area contributed by atoms with Crippen molar-refractivity contribution in [2.24, 2.45) is 5.92 Å². The summed E-state index contributed by atoms with van der Waals surface area (Å²) in [5.41, 5.74) is 7.89. The highest BCUT2D eigenvalue weighted by atomic mass is 16.5. The van der Waals surface area contributed by atoms with Crippen molar-refractivity contribution in [2.75, 3.05) is 30.8 Å². The van der Waals surface area contributed by atoms with Crippen molar-refractivity contribution in [1.82, 2.24) is 0 Å². The van der Waals surface area contributed by atoms with Crippen LogP contribution in [0, 0.1) is 5.92 Å². The van der Waals surface area contributed by atoms with E-state index in [0.29, 0.717) is 0 Å². The number of benzene rings is 1. The molecule has 1 aliphatic heterocycles. The maximum absolute atomic E-state index is 5.94. The summed E-state index contributed by atoms with van der Waals surface area (Å²) in [6.07, 6.45) is 1.25. The van der Waals surface area contributed by atoms with Gasteiger partial charge in [-0.05, 0) is 24.5 Å². The number of hydrogen-bond donors (Lipinski definition) is 1. The van der Waals surface area contributed by atoms with Crippen molar-refractivity contribution < 1.29 is 4.74 Å². The van der Waals surface area contributed by atoms with Gasteiger partial charge in [0.25, 0.3) is 0 Å². The smallest absolute Gasteiger partial charge is 0.121 e. The van der Waals surface area contributed by atoms with Crippen LogP contribution < -0.4 is 15.4 Å². The van der Waals surface area contributed by atoms with Gasteiger partial charge in [-0.1, -0.05) is 6.92 Å². The van der Waals surface area contributed by atoms with E-state index in [1.807, 2.05) is 18.2 Å². The van der Waals surface area contributed by atoms with E-state index in [-0.39, 0.29) is 0 Å². The highest BCUT2D eigenvalue weighted by molar-refractivity contribution is 5.70. The van der Waals surface area contributed by atoms with Crippen LogP contribution in [-0.4, -0.2) is 20.2 Å². The van der Waals surface area contributed by atoms with Gasteiger partial charge >= 0.3 is 0 Å². The van der Waals surface area contributed by atoms with E-state index in [1.165, 1.54) is 6.42 Å². The Morgan fingerprint density at radius 1 is 1.47 bits per heavy atom. The third-order valence-electron chi connectivity index (χ3n) is 3.11. The van der Waals surface area contributed by atoms with Crippen LogP contribution in [0.1, 0.15) is 13.3 Å². The minimum atomic E-state index is 0.829. The first-order valence-corrected chi connectivity index (χ1v) is 5.43. The van der Waals surface area contributed by atoms with Gasteiger partial charge in [0.15, 0.2) is 0 Å². The van der Waals surface area contributed by atoms with Gasteiger partial charge in [-0.3, -0.25) is 0 Å². The van der Waals surface area contributed by atoms with Crippen molar-refractivity contribution in [3.8, 4) is 5.75 Å². The lowest BCUT2D eigenvalue weighted by molar-refractivity contribution is 0.395. The predicted octanol–water partition coefficient (Wildman–Crippen LogP) is 2.12. The van der Waals surface area contributed by atoms with Crippen molar-refractivity contribution in [3.63, 3.8) is 0 Å². The molecule has 0 aliphatic carbocycles. The number of nitrogens with zero attached hydrogens (tertiary/aromatic N) is 1. The van der Waals surface area contributed by atoms with Gasteiger partial charge in [-0.15, -0.1) is 0 Å². The summed E-state index contributed by atoms with van der Waals surface area (Å²) < 4.78 is 5.20. The first-order chi connectivity index (χ1) is 7.24. The highest BCUT2D eigenvalue weighted by Gasteiger charge is 2.26. The van der Waals surface area contributed by atoms with Crippen LogP contribution in [0.2, 0.25) is 0 Å². The van der Waals surface area contributed by atoms with Crippen LogP contribution in [0.25, 0.3) is 0 Å². The molecule has 0 radical (unpaired) electrons. The van der Waals surface area contributed by atoms with Crippen molar-refractivity contribution in [2.45, 2.75) is 13.3 Å². The highest BCUT2D eigenvalue weighted by Crippen LogP contribution is 2.33. The van der Waals surface area contributed by atoms with E-state index in [2.05, 4.69) is 11.8 Å². The fourth-order valence-electron chi connectivity index (χ4n) is 1.95. The average molecular weight is 206 g/mol. The monoisotopic (exact) mass is 206 g/mol. The van der Waals surface area contributed by atoms with Crippen LogP contribution in [0.15, 0.2) is 18.2 Å².